The molecular weight excluding hydrogens is 1370 g/mol. The van der Waals surface area contributed by atoms with E-state index < -0.39 is 13.5 Å². The van der Waals surface area contributed by atoms with Crippen molar-refractivity contribution in [3.63, 3.8) is 0 Å². The van der Waals surface area contributed by atoms with Crippen LogP contribution in [0.5, 0.6) is 11.5 Å². The van der Waals surface area contributed by atoms with Gasteiger partial charge in [0.25, 0.3) is 0 Å². The molecular formula is C91H130Cl2O3P2Ru+2. The monoisotopic (exact) mass is 1500 g/mol. The van der Waals surface area contributed by atoms with E-state index in [9.17, 15) is 0 Å². The fourth-order valence-corrected chi connectivity index (χ4v) is 29.8. The molecule has 0 aromatic heterocycles. The van der Waals surface area contributed by atoms with E-state index in [-0.39, 0.29) is 15.8 Å². The van der Waals surface area contributed by atoms with Gasteiger partial charge in [-0.25, -0.2) is 0 Å². The fourth-order valence-electron chi connectivity index (χ4n) is 17.5. The summed E-state index contributed by atoms with van der Waals surface area (Å²) in [7, 11) is 11.2. The second kappa shape index (κ2) is 48.2. The van der Waals surface area contributed by atoms with E-state index in [0.717, 1.165) is 67.5 Å². The summed E-state index contributed by atoms with van der Waals surface area (Å²) < 4.78 is 17.7. The molecule has 6 aromatic rings. The first-order valence-corrected chi connectivity index (χ1v) is 48.8. The summed E-state index contributed by atoms with van der Waals surface area (Å²) in [6.45, 7) is 13.9. The van der Waals surface area contributed by atoms with Gasteiger partial charge in [0, 0.05) is 15.8 Å². The van der Waals surface area contributed by atoms with Gasteiger partial charge in [0.05, 0.1) is 60.0 Å². The summed E-state index contributed by atoms with van der Waals surface area (Å²) in [5, 5.41) is 0. The number of rotatable bonds is 18. The fraction of sp³-hybridized carbons (Fsp3) is 0.549. The summed E-state index contributed by atoms with van der Waals surface area (Å²) >= 11 is -1.61. The van der Waals surface area contributed by atoms with Gasteiger partial charge in [-0.1, -0.05) is 186 Å². The summed E-state index contributed by atoms with van der Waals surface area (Å²) in [4.78, 5) is 0. The van der Waals surface area contributed by atoms with Crippen LogP contribution in [0.3, 0.4) is 0 Å². The van der Waals surface area contributed by atoms with Crippen LogP contribution in [0.4, 0.5) is 0 Å². The van der Waals surface area contributed by atoms with Gasteiger partial charge in [0.1, 0.15) is 11.5 Å². The topological polar surface area (TPSA) is 27.7 Å². The van der Waals surface area contributed by atoms with Crippen LogP contribution in [0.25, 0.3) is 22.3 Å². The molecule has 6 aromatic carbocycles. The third-order valence-corrected chi connectivity index (χ3v) is 33.4. The third kappa shape index (κ3) is 29.3. The molecule has 0 N–H and O–H groups in total. The molecule has 14 rings (SSSR count). The Morgan fingerprint density at radius 1 is 0.404 bits per heavy atom. The summed E-state index contributed by atoms with van der Waals surface area (Å²) in [6.07, 6.45) is 58.7. The number of hydrogen-bond donors (Lipinski definition) is 0. The Labute approximate surface area is 619 Å². The van der Waals surface area contributed by atoms with Crippen molar-refractivity contribution in [2.24, 2.45) is 11.8 Å². The van der Waals surface area contributed by atoms with Crippen molar-refractivity contribution in [3.8, 4) is 33.8 Å². The average molecular weight is 1510 g/mol. The van der Waals surface area contributed by atoms with Gasteiger partial charge in [-0.15, -0.1) is 0 Å². The zero-order valence-corrected chi connectivity index (χ0v) is 67.0. The molecule has 0 saturated heterocycles. The molecule has 3 unspecified atom stereocenters. The number of benzene rings is 6. The number of fused-ring (bicyclic) bond motifs is 2. The molecule has 8 aliphatic rings. The van der Waals surface area contributed by atoms with E-state index in [4.69, 9.17) is 28.9 Å². The Morgan fingerprint density at radius 3 is 1.01 bits per heavy atom. The van der Waals surface area contributed by atoms with Crippen LogP contribution in [-0.4, -0.2) is 58.4 Å². The predicted molar refractivity (Wildman–Crippen MR) is 438 cm³/mol. The standard InChI is InChI=1S/C22H24O.2C18H33P.C15H16O.C7H8.C7H6.C4H8O.2ClH.Ru/c1-2-13-23-21-11-9-18(10-12-21)17-5-7-19(8-6-17)22-15-16-3-4-20(22)14-16;2*1-4-10-16(11-5-1)19(17-12-6-2-7-13-17)18-14-8-3-9-15-18;1-2-12-16-15-10-8-14(9-11-15)13-6-4-3-5-7-13;2*1-7-5-3-2-4-6-7;1-3-5-4-2;;;/h3-12,16,20,22H,2,13-15H2,1H3;2*16-18H,1-15H2;3-11H,2,12H2,1H3;2-6H,1H3;1-6H;3H,1,4H2,2H3;2*1H;/q;;;;;;;;;+2. The minimum atomic E-state index is -1.61. The van der Waals surface area contributed by atoms with E-state index >= 15 is 0 Å². The van der Waals surface area contributed by atoms with Crippen molar-refractivity contribution in [3.05, 3.63) is 205 Å². The molecule has 7 saturated carbocycles. The molecule has 0 amide bonds. The van der Waals surface area contributed by atoms with E-state index in [2.05, 4.69) is 141 Å². The Hall–Kier alpha value is -3.87. The zero-order valence-electron chi connectivity index (χ0n) is 61.8. The first-order valence-electron chi connectivity index (χ1n) is 39.9. The Balaban J connectivity index is 0.000000153. The van der Waals surface area contributed by atoms with Gasteiger partial charge in [-0.3, -0.25) is 0 Å². The Kier molecular flexibility index (Phi) is 39.4. The molecule has 8 heteroatoms. The number of halogens is 2. The number of aryl methyl sites for hydroxylation is 1. The third-order valence-electron chi connectivity index (χ3n) is 22.4. The van der Waals surface area contributed by atoms with Crippen molar-refractivity contribution < 1.29 is 27.7 Å². The van der Waals surface area contributed by atoms with Crippen LogP contribution in [0.1, 0.15) is 262 Å². The summed E-state index contributed by atoms with van der Waals surface area (Å²) in [6, 6.07) is 56.4. The first kappa shape index (κ1) is 80.8. The van der Waals surface area contributed by atoms with E-state index in [1.807, 2.05) is 78.3 Å². The van der Waals surface area contributed by atoms with Gasteiger partial charge < -0.3 is 14.2 Å². The molecule has 0 radical (unpaired) electrons. The van der Waals surface area contributed by atoms with Crippen molar-refractivity contribution in [2.75, 3.05) is 19.8 Å². The molecule has 0 heterocycles. The Bertz CT molecular complexity index is 2930. The van der Waals surface area contributed by atoms with E-state index in [1.54, 1.807) is 193 Å². The molecule has 3 nitrogen and oxygen atoms in total. The quantitative estimate of drug-likeness (QED) is 0.0371. The van der Waals surface area contributed by atoms with Crippen LogP contribution < -0.4 is 9.47 Å². The second-order valence-corrected chi connectivity index (χ2v) is 42.2. The second-order valence-electron chi connectivity index (χ2n) is 29.6. The van der Waals surface area contributed by atoms with Crippen molar-refractivity contribution in [1.82, 2.24) is 0 Å². The van der Waals surface area contributed by atoms with Crippen LogP contribution in [0, 0.1) is 18.8 Å². The van der Waals surface area contributed by atoms with Crippen LogP contribution in [0.15, 0.2) is 189 Å². The van der Waals surface area contributed by atoms with Gasteiger partial charge in [0.2, 0.25) is 0 Å². The predicted octanol–water partition coefficient (Wildman–Crippen LogP) is 28.3. The Morgan fingerprint density at radius 2 is 0.737 bits per heavy atom. The summed E-state index contributed by atoms with van der Waals surface area (Å²) in [5.74, 6) is 4.26. The number of allylic oxidation sites excluding steroid dienone is 2. The van der Waals surface area contributed by atoms with Crippen LogP contribution in [0.2, 0.25) is 0 Å². The van der Waals surface area contributed by atoms with Crippen LogP contribution in [-0.2, 0) is 18.3 Å². The number of hydrogen-bond acceptors (Lipinski definition) is 3. The van der Waals surface area contributed by atoms with Gasteiger partial charge in [-0.05, 0) is 263 Å². The average Bonchev–Trinajstić information content (AvgIpc) is 1.50. The molecule has 542 valence electrons. The maximum atomic E-state index is 5.67. The van der Waals surface area contributed by atoms with Crippen molar-refractivity contribution in [1.29, 1.82) is 0 Å². The zero-order chi connectivity index (χ0) is 69.3. The van der Waals surface area contributed by atoms with Crippen molar-refractivity contribution >= 4 is 39.8 Å². The van der Waals surface area contributed by atoms with Crippen molar-refractivity contribution in [2.45, 2.75) is 286 Å². The number of ether oxygens (including phenoxy) is 3. The SMILES string of the molecule is C1CCC([PH+](C2CCCCC2)C2CCCCC2)CC1.C1CCC([PH+](C2CCCCC2)C2CCCCC2)CC1.C=COCC.CCCOc1ccc(-c2ccc(C3CC4C=CC3C4)cc2)cc1.CCCOc1ccc(-c2ccccc2)cc1.Cc1ccccc1.[Cl][Ru]([Cl])=[CH]c1ccccc1. The molecule has 0 aliphatic heterocycles. The van der Waals surface area contributed by atoms with E-state index in [0.29, 0.717) is 0 Å². The molecule has 0 spiro atoms. The van der Waals surface area contributed by atoms with E-state index in [1.165, 1.54) is 86.4 Å². The first-order chi connectivity index (χ1) is 48.7. The van der Waals surface area contributed by atoms with Crippen LogP contribution >= 0.6 is 35.2 Å². The molecule has 3 atom stereocenters. The summed E-state index contributed by atoms with van der Waals surface area (Å²) in [5.41, 5.74) is 16.3. The minimum absolute atomic E-state index is 0.0465. The maximum absolute atomic E-state index is 5.67. The van der Waals surface area contributed by atoms with Gasteiger partial charge >= 0.3 is 73.4 Å². The molecule has 99 heavy (non-hydrogen) atoms. The molecule has 2 bridgehead atoms. The van der Waals surface area contributed by atoms with Gasteiger partial charge in [-0.2, -0.15) is 0 Å². The molecule has 8 aliphatic carbocycles. The molecule has 7 fully saturated rings. The normalized spacial score (nSPS) is 20.6. The van der Waals surface area contributed by atoms with Gasteiger partial charge in [0.15, 0.2) is 0 Å².